The van der Waals surface area contributed by atoms with Crippen LogP contribution in [0.4, 0.5) is 0 Å². The zero-order valence-electron chi connectivity index (χ0n) is 14.0. The summed E-state index contributed by atoms with van der Waals surface area (Å²) in [6, 6.07) is 2.00. The molecule has 0 fully saturated rings. The molecule has 1 rings (SSSR count). The first-order valence-electron chi connectivity index (χ1n) is 7.91. The Balaban J connectivity index is 2.67. The number of hydrogen-bond donors (Lipinski definition) is 2. The Kier molecular flexibility index (Phi) is 6.88. The van der Waals surface area contributed by atoms with Crippen molar-refractivity contribution in [2.75, 3.05) is 6.54 Å². The molecule has 120 valence electrons. The van der Waals surface area contributed by atoms with Gasteiger partial charge in [-0.05, 0) is 43.7 Å². The molecule has 0 aliphatic rings. The largest absolute Gasteiger partial charge is 0.388 e. The molecule has 1 aromatic rings. The van der Waals surface area contributed by atoms with Gasteiger partial charge in [-0.1, -0.05) is 34.1 Å². The van der Waals surface area contributed by atoms with Crippen LogP contribution in [-0.4, -0.2) is 23.2 Å². The smallest absolute Gasteiger partial charge is 0.261 e. The van der Waals surface area contributed by atoms with Crippen molar-refractivity contribution in [1.82, 2.24) is 5.32 Å². The van der Waals surface area contributed by atoms with Crippen LogP contribution in [0.25, 0.3) is 0 Å². The van der Waals surface area contributed by atoms with Gasteiger partial charge in [0.05, 0.1) is 10.5 Å². The van der Waals surface area contributed by atoms with Crippen molar-refractivity contribution in [2.45, 2.75) is 65.9 Å². The van der Waals surface area contributed by atoms with E-state index in [1.807, 2.05) is 6.07 Å². The third-order valence-corrected chi connectivity index (χ3v) is 4.69. The lowest BCUT2D eigenvalue weighted by atomic mass is 9.94. The van der Waals surface area contributed by atoms with Crippen LogP contribution < -0.4 is 5.32 Å². The molecule has 4 heteroatoms. The number of nitrogens with one attached hydrogen (secondary N) is 1. The molecule has 1 aromatic heterocycles. The van der Waals surface area contributed by atoms with Gasteiger partial charge in [-0.2, -0.15) is 0 Å². The second-order valence-corrected chi connectivity index (χ2v) is 7.58. The van der Waals surface area contributed by atoms with Crippen LogP contribution in [0.3, 0.4) is 0 Å². The highest BCUT2D eigenvalue weighted by Crippen LogP contribution is 2.25. The average molecular weight is 311 g/mol. The Morgan fingerprint density at radius 2 is 2.10 bits per heavy atom. The molecule has 0 aliphatic heterocycles. The molecule has 0 saturated heterocycles. The fraction of sp³-hybridized carbons (Fsp3) is 0.706. The van der Waals surface area contributed by atoms with Crippen molar-refractivity contribution < 1.29 is 9.90 Å². The highest BCUT2D eigenvalue weighted by atomic mass is 32.1. The van der Waals surface area contributed by atoms with Crippen LogP contribution >= 0.6 is 11.3 Å². The summed E-state index contributed by atoms with van der Waals surface area (Å²) in [5.74, 6) is 0.336. The van der Waals surface area contributed by atoms with Crippen molar-refractivity contribution in [1.29, 1.82) is 0 Å². The number of aryl methyl sites for hydroxylation is 2. The maximum Gasteiger partial charge on any atom is 0.261 e. The van der Waals surface area contributed by atoms with Crippen molar-refractivity contribution in [3.8, 4) is 0 Å². The second kappa shape index (κ2) is 7.95. The van der Waals surface area contributed by atoms with Gasteiger partial charge in [0.25, 0.3) is 5.91 Å². The number of carbonyl (C=O) groups is 1. The molecule has 0 bridgehead atoms. The summed E-state index contributed by atoms with van der Waals surface area (Å²) in [6.07, 6.45) is 3.77. The standard InChI is InChI=1S/C17H29NO2S/c1-6-8-14-13(7-2)9-15(21-14)16(19)18-11-17(5,20)10-12(3)4/h9,12,20H,6-8,10-11H2,1-5H3,(H,18,19). The van der Waals surface area contributed by atoms with Crippen molar-refractivity contribution in [3.05, 3.63) is 21.4 Å². The van der Waals surface area contributed by atoms with E-state index < -0.39 is 5.60 Å². The fourth-order valence-electron chi connectivity index (χ4n) is 2.63. The van der Waals surface area contributed by atoms with E-state index in [4.69, 9.17) is 0 Å². The summed E-state index contributed by atoms with van der Waals surface area (Å²) < 4.78 is 0. The molecule has 0 radical (unpaired) electrons. The summed E-state index contributed by atoms with van der Waals surface area (Å²) in [5, 5.41) is 13.1. The number of carbonyl (C=O) groups excluding carboxylic acids is 1. The van der Waals surface area contributed by atoms with E-state index in [0.717, 1.165) is 24.1 Å². The molecule has 1 atom stereocenters. The lowest BCUT2D eigenvalue weighted by Gasteiger charge is -2.25. The van der Waals surface area contributed by atoms with Gasteiger partial charge in [0.15, 0.2) is 0 Å². The maximum atomic E-state index is 12.3. The third-order valence-electron chi connectivity index (χ3n) is 3.46. The Bertz CT molecular complexity index is 463. The minimum absolute atomic E-state index is 0.0684. The predicted octanol–water partition coefficient (Wildman–Crippen LogP) is 3.79. The molecule has 0 aliphatic carbocycles. The SMILES string of the molecule is CCCc1sc(C(=O)NCC(C)(O)CC(C)C)cc1CC. The van der Waals surface area contributed by atoms with Gasteiger partial charge in [-0.25, -0.2) is 0 Å². The zero-order chi connectivity index (χ0) is 16.0. The van der Waals surface area contributed by atoms with E-state index in [1.165, 1.54) is 10.4 Å². The van der Waals surface area contributed by atoms with E-state index in [2.05, 4.69) is 33.0 Å². The molecule has 0 saturated carbocycles. The quantitative estimate of drug-likeness (QED) is 0.767. The maximum absolute atomic E-state index is 12.3. The first-order valence-corrected chi connectivity index (χ1v) is 8.72. The molecule has 1 unspecified atom stereocenters. The first kappa shape index (κ1) is 18.2. The van der Waals surface area contributed by atoms with E-state index in [9.17, 15) is 9.90 Å². The lowest BCUT2D eigenvalue weighted by molar-refractivity contribution is 0.0369. The lowest BCUT2D eigenvalue weighted by Crippen LogP contribution is -2.41. The minimum atomic E-state index is -0.846. The Morgan fingerprint density at radius 1 is 1.43 bits per heavy atom. The topological polar surface area (TPSA) is 49.3 Å². The summed E-state index contributed by atoms with van der Waals surface area (Å²) >= 11 is 1.59. The second-order valence-electron chi connectivity index (χ2n) is 6.44. The number of hydrogen-bond acceptors (Lipinski definition) is 3. The van der Waals surface area contributed by atoms with Crippen LogP contribution in [0.5, 0.6) is 0 Å². The normalized spacial score (nSPS) is 14.2. The van der Waals surface area contributed by atoms with Crippen LogP contribution in [0.2, 0.25) is 0 Å². The molecule has 3 nitrogen and oxygen atoms in total. The summed E-state index contributed by atoms with van der Waals surface area (Å²) in [4.78, 5) is 14.3. The Morgan fingerprint density at radius 3 is 2.62 bits per heavy atom. The van der Waals surface area contributed by atoms with Crippen molar-refractivity contribution in [3.63, 3.8) is 0 Å². The summed E-state index contributed by atoms with van der Waals surface area (Å²) in [6.45, 7) is 10.5. The highest BCUT2D eigenvalue weighted by Gasteiger charge is 2.23. The molecule has 0 spiro atoms. The van der Waals surface area contributed by atoms with Gasteiger partial charge in [-0.3, -0.25) is 4.79 Å². The van der Waals surface area contributed by atoms with Crippen LogP contribution in [0, 0.1) is 5.92 Å². The zero-order valence-corrected chi connectivity index (χ0v) is 14.8. The van der Waals surface area contributed by atoms with E-state index in [-0.39, 0.29) is 5.91 Å². The van der Waals surface area contributed by atoms with E-state index >= 15 is 0 Å². The fourth-order valence-corrected chi connectivity index (χ4v) is 3.90. The number of thiophene rings is 1. The minimum Gasteiger partial charge on any atom is -0.388 e. The molecule has 2 N–H and O–H groups in total. The molecule has 0 aromatic carbocycles. The van der Waals surface area contributed by atoms with Crippen molar-refractivity contribution >= 4 is 17.2 Å². The van der Waals surface area contributed by atoms with Crippen LogP contribution in [0.15, 0.2) is 6.07 Å². The summed E-state index contributed by atoms with van der Waals surface area (Å²) in [7, 11) is 0. The van der Waals surface area contributed by atoms with E-state index in [1.54, 1.807) is 18.3 Å². The van der Waals surface area contributed by atoms with Gasteiger partial charge in [-0.15, -0.1) is 11.3 Å². The van der Waals surface area contributed by atoms with Gasteiger partial charge in [0, 0.05) is 11.4 Å². The first-order chi connectivity index (χ1) is 9.79. The number of rotatable bonds is 8. The third kappa shape index (κ3) is 5.79. The molecular formula is C17H29NO2S. The average Bonchev–Trinajstić information content (AvgIpc) is 2.78. The van der Waals surface area contributed by atoms with E-state index in [0.29, 0.717) is 18.9 Å². The molecule has 1 heterocycles. The number of amides is 1. The molecular weight excluding hydrogens is 282 g/mol. The van der Waals surface area contributed by atoms with Crippen molar-refractivity contribution in [2.24, 2.45) is 5.92 Å². The monoisotopic (exact) mass is 311 g/mol. The predicted molar refractivity (Wildman–Crippen MR) is 90.1 cm³/mol. The number of aliphatic hydroxyl groups is 1. The summed E-state index contributed by atoms with van der Waals surface area (Å²) in [5.41, 5.74) is 0.432. The van der Waals surface area contributed by atoms with Gasteiger partial charge < -0.3 is 10.4 Å². The Labute approximate surface area is 132 Å². The van der Waals surface area contributed by atoms with Crippen LogP contribution in [0.1, 0.15) is 67.6 Å². The molecule has 1 amide bonds. The highest BCUT2D eigenvalue weighted by molar-refractivity contribution is 7.14. The molecule has 21 heavy (non-hydrogen) atoms. The van der Waals surface area contributed by atoms with Gasteiger partial charge >= 0.3 is 0 Å². The van der Waals surface area contributed by atoms with Gasteiger partial charge in [0.2, 0.25) is 0 Å². The Hall–Kier alpha value is -0.870. The van der Waals surface area contributed by atoms with Gasteiger partial charge in [0.1, 0.15) is 0 Å². The van der Waals surface area contributed by atoms with Crippen LogP contribution in [-0.2, 0) is 12.8 Å².